The van der Waals surface area contributed by atoms with E-state index in [1.807, 2.05) is 65.0 Å². The van der Waals surface area contributed by atoms with Gasteiger partial charge in [0.05, 0.1) is 0 Å². The first kappa shape index (κ1) is 18.8. The third-order valence-corrected chi connectivity index (χ3v) is 6.42. The van der Waals surface area contributed by atoms with E-state index in [1.54, 1.807) is 0 Å². The monoisotopic (exact) mass is 400 g/mol. The van der Waals surface area contributed by atoms with Crippen molar-refractivity contribution in [2.24, 2.45) is 5.92 Å². The second kappa shape index (κ2) is 7.16. The number of rotatable bonds is 4. The van der Waals surface area contributed by atoms with Crippen molar-refractivity contribution in [3.05, 3.63) is 30.3 Å². The molecule has 1 heterocycles. The van der Waals surface area contributed by atoms with E-state index in [-0.39, 0.29) is 33.5 Å². The Hall–Kier alpha value is -1.52. The Morgan fingerprint density at radius 1 is 1.21 bits per heavy atom. The van der Waals surface area contributed by atoms with Gasteiger partial charge in [-0.1, -0.05) is 0 Å². The summed E-state index contributed by atoms with van der Waals surface area (Å²) in [7, 11) is 0. The molecule has 0 unspecified atom stereocenters. The summed E-state index contributed by atoms with van der Waals surface area (Å²) < 4.78 is 16.1. The zero-order valence-corrected chi connectivity index (χ0v) is 16.4. The van der Waals surface area contributed by atoms with Gasteiger partial charge in [-0.05, 0) is 0 Å². The minimum atomic E-state index is -0.930. The van der Waals surface area contributed by atoms with Crippen LogP contribution in [0.3, 0.4) is 0 Å². The predicted octanol–water partition coefficient (Wildman–Crippen LogP) is 2.71. The van der Waals surface area contributed by atoms with Crippen molar-refractivity contribution in [1.82, 2.24) is 0 Å². The van der Waals surface area contributed by atoms with E-state index in [0.717, 1.165) is 4.46 Å². The van der Waals surface area contributed by atoms with Crippen LogP contribution in [0.2, 0.25) is 4.31 Å². The van der Waals surface area contributed by atoms with Gasteiger partial charge in [-0.3, -0.25) is 0 Å². The fourth-order valence-electron chi connectivity index (χ4n) is 2.52. The van der Waals surface area contributed by atoms with E-state index in [9.17, 15) is 9.59 Å². The normalized spacial score (nSPS) is 23.6. The van der Waals surface area contributed by atoms with E-state index >= 15 is 0 Å². The van der Waals surface area contributed by atoms with Crippen molar-refractivity contribution >= 4 is 31.5 Å². The number of ether oxygens (including phenoxy) is 3. The summed E-state index contributed by atoms with van der Waals surface area (Å²) in [5.74, 6) is -0.434. The van der Waals surface area contributed by atoms with Crippen molar-refractivity contribution in [1.29, 1.82) is 0 Å². The van der Waals surface area contributed by atoms with Gasteiger partial charge in [0.25, 0.3) is 0 Å². The first-order valence-corrected chi connectivity index (χ1v) is 9.64. The molecule has 0 aliphatic carbocycles. The summed E-state index contributed by atoms with van der Waals surface area (Å²) in [6, 6.07) is 9.77. The number of hydrogen-bond donors (Lipinski definition) is 0. The fraction of sp³-hybridized carbons (Fsp3) is 0.556. The number of cyclic esters (lactones) is 2. The quantitative estimate of drug-likeness (QED) is 0.576. The molecule has 1 aromatic carbocycles. The van der Waals surface area contributed by atoms with Crippen LogP contribution >= 0.6 is 0 Å². The van der Waals surface area contributed by atoms with E-state index in [0.29, 0.717) is 0 Å². The molecule has 24 heavy (non-hydrogen) atoms. The van der Waals surface area contributed by atoms with Crippen molar-refractivity contribution in [2.75, 3.05) is 6.61 Å². The molecule has 0 saturated carbocycles. The molecule has 2 rings (SSSR count). The molecule has 0 spiro atoms. The summed E-state index contributed by atoms with van der Waals surface area (Å²) in [5, 5.41) is 0. The summed E-state index contributed by atoms with van der Waals surface area (Å²) >= 11 is -0.271. The number of hydrogen-bond acceptors (Lipinski definition) is 5. The molecular formula is C18H24O5Se. The maximum atomic E-state index is 13.0. The second-order valence-electron chi connectivity index (χ2n) is 7.10. The van der Waals surface area contributed by atoms with Gasteiger partial charge >= 0.3 is 149 Å². The van der Waals surface area contributed by atoms with Crippen molar-refractivity contribution in [3.8, 4) is 0 Å². The van der Waals surface area contributed by atoms with Gasteiger partial charge < -0.3 is 0 Å². The van der Waals surface area contributed by atoms with Crippen LogP contribution in [0.1, 0.15) is 34.6 Å². The predicted molar refractivity (Wildman–Crippen MR) is 91.4 cm³/mol. The molecule has 1 saturated heterocycles. The van der Waals surface area contributed by atoms with Gasteiger partial charge in [0.2, 0.25) is 0 Å². The molecule has 1 aliphatic heterocycles. The van der Waals surface area contributed by atoms with E-state index in [1.165, 1.54) is 0 Å². The van der Waals surface area contributed by atoms with Gasteiger partial charge in [0.15, 0.2) is 0 Å². The van der Waals surface area contributed by atoms with E-state index in [2.05, 4.69) is 0 Å². The van der Waals surface area contributed by atoms with Gasteiger partial charge in [0, 0.05) is 0 Å². The Bertz CT molecular complexity index is 595. The van der Waals surface area contributed by atoms with Crippen molar-refractivity contribution in [3.63, 3.8) is 0 Å². The number of carbonyl (C=O) groups excluding carboxylic acids is 2. The van der Waals surface area contributed by atoms with Gasteiger partial charge in [-0.2, -0.15) is 0 Å². The van der Waals surface area contributed by atoms with Crippen molar-refractivity contribution < 1.29 is 23.8 Å². The molecule has 6 heteroatoms. The Kier molecular flexibility index (Phi) is 5.61. The molecule has 0 bridgehead atoms. The first-order valence-electron chi connectivity index (χ1n) is 7.93. The van der Waals surface area contributed by atoms with Gasteiger partial charge in [0.1, 0.15) is 0 Å². The first-order chi connectivity index (χ1) is 11.1. The van der Waals surface area contributed by atoms with Crippen molar-refractivity contribution in [2.45, 2.75) is 50.6 Å². The maximum absolute atomic E-state index is 13.0. The molecule has 1 fully saturated rings. The summed E-state index contributed by atoms with van der Waals surface area (Å²) in [6.45, 7) is 9.49. The average Bonchev–Trinajstić information content (AvgIpc) is 2.49. The van der Waals surface area contributed by atoms with Crippen LogP contribution in [0.4, 0.5) is 4.79 Å². The summed E-state index contributed by atoms with van der Waals surface area (Å²) in [4.78, 5) is 24.6. The number of carbonyl (C=O) groups is 2. The molecule has 3 atom stereocenters. The standard InChI is InChI=1S/C18H24O5Se/c1-12-11-21-16(20)22-14(12)18(5,15(19)23-17(2,3)4)24-13-9-7-6-8-10-13/h6-10,12,14H,11H2,1-5H3/t12-,14-,18-/m1/s1. The Morgan fingerprint density at radius 2 is 1.83 bits per heavy atom. The molecular weight excluding hydrogens is 375 g/mol. The molecule has 0 amide bonds. The van der Waals surface area contributed by atoms with Crippen LogP contribution in [0, 0.1) is 5.92 Å². The van der Waals surface area contributed by atoms with Crippen LogP contribution in [0.15, 0.2) is 30.3 Å². The Labute approximate surface area is 149 Å². The zero-order chi connectivity index (χ0) is 18.0. The molecule has 5 nitrogen and oxygen atoms in total. The minimum absolute atomic E-state index is 0.0918. The zero-order valence-electron chi connectivity index (χ0n) is 14.7. The van der Waals surface area contributed by atoms with Crippen LogP contribution in [-0.4, -0.2) is 45.4 Å². The Morgan fingerprint density at radius 3 is 2.42 bits per heavy atom. The van der Waals surface area contributed by atoms with E-state index < -0.39 is 22.2 Å². The van der Waals surface area contributed by atoms with Crippen LogP contribution in [-0.2, 0) is 19.0 Å². The third kappa shape index (κ3) is 4.52. The molecule has 1 aromatic rings. The van der Waals surface area contributed by atoms with E-state index in [4.69, 9.17) is 14.2 Å². The second-order valence-corrected chi connectivity index (χ2v) is 10.3. The fourth-order valence-corrected chi connectivity index (χ4v) is 5.26. The average molecular weight is 399 g/mol. The molecule has 1 aliphatic rings. The van der Waals surface area contributed by atoms with Crippen LogP contribution in [0.5, 0.6) is 0 Å². The SMILES string of the molecule is C[C@@H]1COC(=O)O[C@H]1[C@@](C)([Se]c1ccccc1)C(=O)OC(C)(C)C. The Balaban J connectivity index is 2.36. The molecule has 0 aromatic heterocycles. The van der Waals surface area contributed by atoms with Gasteiger partial charge in [-0.15, -0.1) is 0 Å². The number of benzene rings is 1. The molecule has 0 radical (unpaired) electrons. The molecule has 132 valence electrons. The molecule has 0 N–H and O–H groups in total. The third-order valence-electron chi connectivity index (χ3n) is 3.62. The summed E-state index contributed by atoms with van der Waals surface area (Å²) in [5.41, 5.74) is -0.608. The topological polar surface area (TPSA) is 61.8 Å². The van der Waals surface area contributed by atoms with Crippen LogP contribution < -0.4 is 4.46 Å². The summed E-state index contributed by atoms with van der Waals surface area (Å²) in [6.07, 6.45) is -1.30. The van der Waals surface area contributed by atoms with Crippen LogP contribution in [0.25, 0.3) is 0 Å². The number of esters is 1. The van der Waals surface area contributed by atoms with Gasteiger partial charge in [-0.25, -0.2) is 0 Å².